The molecule has 0 aliphatic rings. The Balaban J connectivity index is 2.28. The molecule has 0 fully saturated rings. The number of hydrogen-bond acceptors (Lipinski definition) is 4. The van der Waals surface area contributed by atoms with Crippen LogP contribution in [-0.4, -0.2) is 30.3 Å². The molecule has 0 saturated heterocycles. The molecular weight excluding hydrogens is 268 g/mol. The van der Waals surface area contributed by atoms with E-state index in [2.05, 4.69) is 12.2 Å². The third-order valence-corrected chi connectivity index (χ3v) is 3.17. The highest BCUT2D eigenvalue weighted by Crippen LogP contribution is 2.16. The van der Waals surface area contributed by atoms with Crippen molar-refractivity contribution < 1.29 is 14.6 Å². The van der Waals surface area contributed by atoms with Crippen LogP contribution in [0.2, 0.25) is 0 Å². The van der Waals surface area contributed by atoms with Crippen molar-refractivity contribution in [3.05, 3.63) is 24.3 Å². The fourth-order valence-electron chi connectivity index (χ4n) is 1.85. The number of amides is 1. The summed E-state index contributed by atoms with van der Waals surface area (Å²) in [6.07, 6.45) is 6.04. The minimum absolute atomic E-state index is 0.370. The van der Waals surface area contributed by atoms with Crippen LogP contribution in [0.25, 0.3) is 0 Å². The van der Waals surface area contributed by atoms with Gasteiger partial charge in [-0.1, -0.05) is 32.6 Å². The Morgan fingerprint density at radius 1 is 1.24 bits per heavy atom. The summed E-state index contributed by atoms with van der Waals surface area (Å²) in [6.45, 7) is 2.54. The smallest absolute Gasteiger partial charge is 0.243 e. The summed E-state index contributed by atoms with van der Waals surface area (Å²) in [7, 11) is 0. The molecule has 1 rings (SSSR count). The summed E-state index contributed by atoms with van der Waals surface area (Å²) in [4.78, 5) is 11.5. The van der Waals surface area contributed by atoms with Crippen LogP contribution in [-0.2, 0) is 4.79 Å². The van der Waals surface area contributed by atoms with Gasteiger partial charge in [0, 0.05) is 5.69 Å². The predicted molar refractivity (Wildman–Crippen MR) is 84.4 cm³/mol. The first-order chi connectivity index (χ1) is 10.2. The zero-order valence-electron chi connectivity index (χ0n) is 12.7. The molecule has 1 aromatic rings. The molecule has 1 amide bonds. The first-order valence-corrected chi connectivity index (χ1v) is 7.57. The van der Waals surface area contributed by atoms with E-state index in [4.69, 9.17) is 15.6 Å². The Labute approximate surface area is 126 Å². The number of aliphatic hydroxyl groups is 1. The van der Waals surface area contributed by atoms with E-state index < -0.39 is 11.9 Å². The Kier molecular flexibility index (Phi) is 8.47. The lowest BCUT2D eigenvalue weighted by Crippen LogP contribution is -2.38. The van der Waals surface area contributed by atoms with Crippen molar-refractivity contribution >= 4 is 11.6 Å². The van der Waals surface area contributed by atoms with Crippen LogP contribution < -0.4 is 15.8 Å². The molecule has 4 N–H and O–H groups in total. The van der Waals surface area contributed by atoms with Gasteiger partial charge < -0.3 is 20.9 Å². The van der Waals surface area contributed by atoms with Crippen molar-refractivity contribution in [3.63, 3.8) is 0 Å². The molecule has 0 radical (unpaired) electrons. The number of aliphatic hydroxyl groups excluding tert-OH is 1. The predicted octanol–water partition coefficient (Wildman–Crippen LogP) is 2.29. The lowest BCUT2D eigenvalue weighted by molar-refractivity contribution is -0.118. The van der Waals surface area contributed by atoms with Crippen LogP contribution in [0.4, 0.5) is 5.69 Å². The molecule has 1 atom stereocenters. The maximum absolute atomic E-state index is 11.5. The van der Waals surface area contributed by atoms with E-state index in [1.54, 1.807) is 12.1 Å². The Morgan fingerprint density at radius 3 is 2.52 bits per heavy atom. The normalized spacial score (nSPS) is 12.0. The van der Waals surface area contributed by atoms with Gasteiger partial charge in [-0.15, -0.1) is 0 Å². The first-order valence-electron chi connectivity index (χ1n) is 7.57. The van der Waals surface area contributed by atoms with Gasteiger partial charge in [0.05, 0.1) is 13.2 Å². The van der Waals surface area contributed by atoms with Crippen LogP contribution in [0, 0.1) is 0 Å². The number of carbonyl (C=O) groups is 1. The van der Waals surface area contributed by atoms with Crippen LogP contribution >= 0.6 is 0 Å². The highest BCUT2D eigenvalue weighted by Gasteiger charge is 2.11. The number of ether oxygens (including phenoxy) is 1. The van der Waals surface area contributed by atoms with Crippen molar-refractivity contribution in [1.29, 1.82) is 0 Å². The molecule has 5 nitrogen and oxygen atoms in total. The average molecular weight is 294 g/mol. The lowest BCUT2D eigenvalue weighted by Gasteiger charge is -2.10. The number of rotatable bonds is 10. The first kappa shape index (κ1) is 17.5. The fraction of sp³-hybridized carbons (Fsp3) is 0.562. The summed E-state index contributed by atoms with van der Waals surface area (Å²) >= 11 is 0. The van der Waals surface area contributed by atoms with E-state index in [0.717, 1.165) is 12.2 Å². The molecule has 1 aromatic carbocycles. The summed E-state index contributed by atoms with van der Waals surface area (Å²) in [5, 5.41) is 11.4. The average Bonchev–Trinajstić information content (AvgIpc) is 2.51. The van der Waals surface area contributed by atoms with Gasteiger partial charge in [-0.2, -0.15) is 0 Å². The number of nitrogens with one attached hydrogen (secondary N) is 1. The lowest BCUT2D eigenvalue weighted by atomic mass is 10.2. The number of nitrogens with two attached hydrogens (primary N) is 1. The van der Waals surface area contributed by atoms with Crippen molar-refractivity contribution in [1.82, 2.24) is 0 Å². The third kappa shape index (κ3) is 7.11. The molecule has 0 unspecified atom stereocenters. The number of anilines is 1. The molecule has 21 heavy (non-hydrogen) atoms. The molecule has 0 spiro atoms. The maximum Gasteiger partial charge on any atom is 0.243 e. The monoisotopic (exact) mass is 294 g/mol. The molecule has 0 saturated carbocycles. The highest BCUT2D eigenvalue weighted by molar-refractivity contribution is 5.94. The zero-order valence-corrected chi connectivity index (χ0v) is 12.7. The second-order valence-electron chi connectivity index (χ2n) is 5.07. The minimum Gasteiger partial charge on any atom is -0.494 e. The van der Waals surface area contributed by atoms with E-state index in [9.17, 15) is 4.79 Å². The number of benzene rings is 1. The maximum atomic E-state index is 11.5. The van der Waals surface area contributed by atoms with E-state index in [-0.39, 0.29) is 6.61 Å². The quantitative estimate of drug-likeness (QED) is 0.578. The number of unbranched alkanes of at least 4 members (excludes halogenated alkanes) is 4. The Hall–Kier alpha value is -1.59. The fourth-order valence-corrected chi connectivity index (χ4v) is 1.85. The second-order valence-corrected chi connectivity index (χ2v) is 5.07. The van der Waals surface area contributed by atoms with Crippen molar-refractivity contribution in [3.8, 4) is 5.75 Å². The molecular formula is C16H26N2O3. The van der Waals surface area contributed by atoms with Gasteiger partial charge in [0.25, 0.3) is 0 Å². The van der Waals surface area contributed by atoms with Crippen LogP contribution in [0.15, 0.2) is 24.3 Å². The largest absolute Gasteiger partial charge is 0.494 e. The summed E-state index contributed by atoms with van der Waals surface area (Å²) in [5.74, 6) is 0.386. The second kappa shape index (κ2) is 10.2. The molecule has 5 heteroatoms. The van der Waals surface area contributed by atoms with Gasteiger partial charge in [-0.25, -0.2) is 0 Å². The molecule has 0 bridgehead atoms. The standard InChI is InChI=1S/C16H26N2O3/c1-2-3-4-5-6-11-21-14-9-7-13(8-10-14)18-16(20)15(17)12-19/h7-10,15,19H,2-6,11-12,17H2,1H3,(H,18,20)/t15-/m0/s1. The van der Waals surface area contributed by atoms with Crippen molar-refractivity contribution in [2.75, 3.05) is 18.5 Å². The molecule has 0 aliphatic carbocycles. The van der Waals surface area contributed by atoms with Crippen LogP contribution in [0.3, 0.4) is 0 Å². The number of hydrogen-bond donors (Lipinski definition) is 3. The Bertz CT molecular complexity index is 406. The third-order valence-electron chi connectivity index (χ3n) is 3.17. The summed E-state index contributed by atoms with van der Waals surface area (Å²) in [5.41, 5.74) is 6.06. The van der Waals surface area contributed by atoms with E-state index >= 15 is 0 Å². The summed E-state index contributed by atoms with van der Waals surface area (Å²) < 4.78 is 5.64. The SMILES string of the molecule is CCCCCCCOc1ccc(NC(=O)[C@@H](N)CO)cc1. The topological polar surface area (TPSA) is 84.6 Å². The Morgan fingerprint density at radius 2 is 1.90 bits per heavy atom. The van der Waals surface area contributed by atoms with E-state index in [1.807, 2.05) is 12.1 Å². The molecule has 0 aliphatic heterocycles. The van der Waals surface area contributed by atoms with E-state index in [0.29, 0.717) is 12.3 Å². The van der Waals surface area contributed by atoms with Gasteiger partial charge >= 0.3 is 0 Å². The van der Waals surface area contributed by atoms with Crippen LogP contribution in [0.5, 0.6) is 5.75 Å². The minimum atomic E-state index is -0.899. The van der Waals surface area contributed by atoms with Crippen LogP contribution in [0.1, 0.15) is 39.0 Å². The van der Waals surface area contributed by atoms with E-state index in [1.165, 1.54) is 25.7 Å². The molecule has 0 heterocycles. The number of carbonyl (C=O) groups excluding carboxylic acids is 1. The summed E-state index contributed by atoms with van der Waals surface area (Å²) in [6, 6.07) is 6.24. The van der Waals surface area contributed by atoms with Crippen molar-refractivity contribution in [2.45, 2.75) is 45.1 Å². The van der Waals surface area contributed by atoms with Gasteiger partial charge in [0.15, 0.2) is 0 Å². The van der Waals surface area contributed by atoms with Gasteiger partial charge in [0.1, 0.15) is 11.8 Å². The van der Waals surface area contributed by atoms with Crippen molar-refractivity contribution in [2.24, 2.45) is 5.73 Å². The molecule has 0 aromatic heterocycles. The molecule has 118 valence electrons. The van der Waals surface area contributed by atoms with Gasteiger partial charge in [0.2, 0.25) is 5.91 Å². The van der Waals surface area contributed by atoms with Gasteiger partial charge in [-0.05, 0) is 30.7 Å². The zero-order chi connectivity index (χ0) is 15.5. The highest BCUT2D eigenvalue weighted by atomic mass is 16.5. The van der Waals surface area contributed by atoms with Gasteiger partial charge in [-0.3, -0.25) is 4.79 Å².